The smallest absolute Gasteiger partial charge is 0.213 e. The molecule has 0 fully saturated rings. The molecule has 254 valence electrons. The minimum atomic E-state index is 0.858. The van der Waals surface area contributed by atoms with E-state index in [9.17, 15) is 0 Å². The molecule has 0 N–H and O–H groups in total. The van der Waals surface area contributed by atoms with Crippen LogP contribution < -0.4 is 4.90 Å². The third kappa shape index (κ3) is 4.78. The average Bonchev–Trinajstić information content (AvgIpc) is 3.91. The third-order valence-corrected chi connectivity index (χ3v) is 10.6. The SMILES string of the molecule is c1ccc(-c2cccc(N(c3ccc(-c4ccc5oc6c(c5c4)c4ccccc4n6-c4ccccc4)cc3)c3cccc4c3oc3ccccc34)c2)cc1. The zero-order valence-electron chi connectivity index (χ0n) is 29.2. The molecular formula is C50H32N2O2. The average molecular weight is 693 g/mol. The maximum absolute atomic E-state index is 6.61. The number of aromatic nitrogens is 1. The van der Waals surface area contributed by atoms with Gasteiger partial charge in [-0.25, -0.2) is 0 Å². The van der Waals surface area contributed by atoms with Gasteiger partial charge in [0.25, 0.3) is 0 Å². The molecule has 8 aromatic carbocycles. The Kier molecular flexibility index (Phi) is 6.82. The van der Waals surface area contributed by atoms with Crippen molar-refractivity contribution >= 4 is 72.0 Å². The van der Waals surface area contributed by atoms with Crippen LogP contribution in [0, 0.1) is 0 Å². The van der Waals surface area contributed by atoms with Gasteiger partial charge in [-0.3, -0.25) is 4.57 Å². The van der Waals surface area contributed by atoms with Crippen LogP contribution in [0.1, 0.15) is 0 Å². The van der Waals surface area contributed by atoms with Gasteiger partial charge in [-0.2, -0.15) is 0 Å². The Hall–Kier alpha value is -7.30. The number of para-hydroxylation sites is 4. The molecule has 0 aliphatic carbocycles. The highest BCUT2D eigenvalue weighted by Crippen LogP contribution is 2.44. The van der Waals surface area contributed by atoms with E-state index in [4.69, 9.17) is 8.83 Å². The highest BCUT2D eigenvalue weighted by molar-refractivity contribution is 6.20. The van der Waals surface area contributed by atoms with Crippen LogP contribution >= 0.6 is 0 Å². The second kappa shape index (κ2) is 12.1. The van der Waals surface area contributed by atoms with Crippen LogP contribution in [0.4, 0.5) is 17.1 Å². The molecule has 11 rings (SSSR count). The van der Waals surface area contributed by atoms with E-state index in [2.05, 4.69) is 185 Å². The summed E-state index contributed by atoms with van der Waals surface area (Å²) in [5, 5.41) is 5.62. The van der Waals surface area contributed by atoms with E-state index in [1.165, 1.54) is 10.9 Å². The molecule has 0 radical (unpaired) electrons. The molecule has 3 heterocycles. The van der Waals surface area contributed by atoms with Gasteiger partial charge in [-0.05, 0) is 89.0 Å². The Bertz CT molecular complexity index is 3150. The molecule has 0 aliphatic rings. The van der Waals surface area contributed by atoms with Crippen molar-refractivity contribution < 1.29 is 8.83 Å². The van der Waals surface area contributed by atoms with E-state index in [1.807, 2.05) is 18.2 Å². The summed E-state index contributed by atoms with van der Waals surface area (Å²) in [5.41, 5.74) is 13.3. The van der Waals surface area contributed by atoms with Crippen LogP contribution in [0.15, 0.2) is 203 Å². The maximum Gasteiger partial charge on any atom is 0.213 e. The molecule has 0 bridgehead atoms. The first-order valence-corrected chi connectivity index (χ1v) is 18.3. The maximum atomic E-state index is 6.61. The lowest BCUT2D eigenvalue weighted by Crippen LogP contribution is -2.10. The Labute approximate surface area is 311 Å². The summed E-state index contributed by atoms with van der Waals surface area (Å²) in [6.45, 7) is 0. The van der Waals surface area contributed by atoms with E-state index in [1.54, 1.807) is 0 Å². The van der Waals surface area contributed by atoms with E-state index in [-0.39, 0.29) is 0 Å². The van der Waals surface area contributed by atoms with Crippen LogP contribution in [0.2, 0.25) is 0 Å². The molecule has 11 aromatic rings. The van der Waals surface area contributed by atoms with Gasteiger partial charge < -0.3 is 13.7 Å². The zero-order valence-corrected chi connectivity index (χ0v) is 29.2. The van der Waals surface area contributed by atoms with Crippen molar-refractivity contribution in [3.8, 4) is 27.9 Å². The molecule has 0 unspecified atom stereocenters. The summed E-state index contributed by atoms with van der Waals surface area (Å²) in [6.07, 6.45) is 0. The number of nitrogens with zero attached hydrogens (tertiary/aromatic N) is 2. The van der Waals surface area contributed by atoms with Crippen molar-refractivity contribution in [1.82, 2.24) is 4.57 Å². The predicted octanol–water partition coefficient (Wildman–Crippen LogP) is 14.2. The van der Waals surface area contributed by atoms with Crippen molar-refractivity contribution in [3.63, 3.8) is 0 Å². The molecule has 3 aromatic heterocycles. The summed E-state index contributed by atoms with van der Waals surface area (Å²) >= 11 is 0. The highest BCUT2D eigenvalue weighted by atomic mass is 16.3. The van der Waals surface area contributed by atoms with Crippen LogP contribution in [-0.4, -0.2) is 4.57 Å². The number of rotatable bonds is 6. The Balaban J connectivity index is 1.05. The number of anilines is 3. The summed E-state index contributed by atoms with van der Waals surface area (Å²) in [4.78, 5) is 2.31. The van der Waals surface area contributed by atoms with Gasteiger partial charge in [-0.1, -0.05) is 127 Å². The summed E-state index contributed by atoms with van der Waals surface area (Å²) < 4.78 is 15.4. The minimum absolute atomic E-state index is 0.858. The highest BCUT2D eigenvalue weighted by Gasteiger charge is 2.22. The third-order valence-electron chi connectivity index (χ3n) is 10.6. The topological polar surface area (TPSA) is 34.5 Å². The van der Waals surface area contributed by atoms with E-state index in [0.29, 0.717) is 0 Å². The molecule has 0 atom stereocenters. The fourth-order valence-electron chi connectivity index (χ4n) is 8.10. The molecule has 0 saturated carbocycles. The van der Waals surface area contributed by atoms with Crippen molar-refractivity contribution in [3.05, 3.63) is 194 Å². The van der Waals surface area contributed by atoms with E-state index in [0.717, 1.165) is 89.0 Å². The van der Waals surface area contributed by atoms with Gasteiger partial charge in [0.15, 0.2) is 5.58 Å². The van der Waals surface area contributed by atoms with Crippen LogP contribution in [-0.2, 0) is 0 Å². The lowest BCUT2D eigenvalue weighted by molar-refractivity contribution is 0.645. The molecule has 0 saturated heterocycles. The fraction of sp³-hybridized carbons (Fsp3) is 0. The number of hydrogen-bond acceptors (Lipinski definition) is 3. The van der Waals surface area contributed by atoms with Gasteiger partial charge in [0.05, 0.1) is 16.6 Å². The molecular weight excluding hydrogens is 661 g/mol. The number of furan rings is 2. The van der Waals surface area contributed by atoms with Gasteiger partial charge >= 0.3 is 0 Å². The largest absolute Gasteiger partial charge is 0.454 e. The monoisotopic (exact) mass is 692 g/mol. The molecule has 4 nitrogen and oxygen atoms in total. The second-order valence-electron chi connectivity index (χ2n) is 13.7. The second-order valence-corrected chi connectivity index (χ2v) is 13.7. The number of benzene rings is 8. The van der Waals surface area contributed by atoms with Crippen LogP contribution in [0.3, 0.4) is 0 Å². The molecule has 54 heavy (non-hydrogen) atoms. The number of hydrogen-bond donors (Lipinski definition) is 0. The van der Waals surface area contributed by atoms with Crippen molar-refractivity contribution in [2.24, 2.45) is 0 Å². The minimum Gasteiger partial charge on any atom is -0.454 e. The molecule has 4 heteroatoms. The van der Waals surface area contributed by atoms with Crippen molar-refractivity contribution in [2.75, 3.05) is 4.90 Å². The zero-order chi connectivity index (χ0) is 35.6. The van der Waals surface area contributed by atoms with Crippen LogP contribution in [0.25, 0.3) is 82.9 Å². The first-order valence-electron chi connectivity index (χ1n) is 18.3. The van der Waals surface area contributed by atoms with E-state index < -0.39 is 0 Å². The number of fused-ring (bicyclic) bond motifs is 8. The quantitative estimate of drug-likeness (QED) is 0.174. The van der Waals surface area contributed by atoms with E-state index >= 15 is 0 Å². The molecule has 0 spiro atoms. The summed E-state index contributed by atoms with van der Waals surface area (Å²) in [5.74, 6) is 0. The fourth-order valence-corrected chi connectivity index (χ4v) is 8.10. The van der Waals surface area contributed by atoms with Crippen LogP contribution in [0.5, 0.6) is 0 Å². The first kappa shape index (κ1) is 30.3. The Morgan fingerprint density at radius 1 is 0.389 bits per heavy atom. The lowest BCUT2D eigenvalue weighted by atomic mass is 10.0. The molecule has 0 aliphatic heterocycles. The Morgan fingerprint density at radius 3 is 1.87 bits per heavy atom. The summed E-state index contributed by atoms with van der Waals surface area (Å²) in [6, 6.07) is 68.3. The van der Waals surface area contributed by atoms with Crippen molar-refractivity contribution in [2.45, 2.75) is 0 Å². The van der Waals surface area contributed by atoms with Gasteiger partial charge in [-0.15, -0.1) is 0 Å². The summed E-state index contributed by atoms with van der Waals surface area (Å²) in [7, 11) is 0. The normalized spacial score (nSPS) is 11.7. The Morgan fingerprint density at radius 2 is 1.02 bits per heavy atom. The standard InChI is InChI=1S/C50H32N2O2/c1-3-13-33(14-4-1)35-15-11-18-39(31-35)51(45-23-12-21-41-40-19-8-10-24-46(40)53-49(41)45)38-28-25-34(26-29-38)36-27-30-47-43(32-36)48-42-20-7-9-22-44(42)52(50(48)54-47)37-16-5-2-6-17-37/h1-32H. The van der Waals surface area contributed by atoms with Crippen molar-refractivity contribution in [1.29, 1.82) is 0 Å². The van der Waals surface area contributed by atoms with Gasteiger partial charge in [0.1, 0.15) is 11.2 Å². The predicted molar refractivity (Wildman–Crippen MR) is 223 cm³/mol. The first-order chi connectivity index (χ1) is 26.8. The van der Waals surface area contributed by atoms with Gasteiger partial charge in [0.2, 0.25) is 5.71 Å². The lowest BCUT2D eigenvalue weighted by Gasteiger charge is -2.26. The molecule has 0 amide bonds. The van der Waals surface area contributed by atoms with Gasteiger partial charge in [0, 0.05) is 38.6 Å².